The Morgan fingerprint density at radius 1 is 1.25 bits per heavy atom. The molecule has 4 fully saturated rings. The van der Waals surface area contributed by atoms with Gasteiger partial charge in [-0.2, -0.15) is 5.26 Å². The van der Waals surface area contributed by atoms with Gasteiger partial charge in [0.1, 0.15) is 0 Å². The molecule has 0 aliphatic heterocycles. The van der Waals surface area contributed by atoms with Gasteiger partial charge >= 0.3 is 5.97 Å². The van der Waals surface area contributed by atoms with Crippen LogP contribution in [0.5, 0.6) is 11.5 Å². The number of nitriles is 1. The molecule has 126 valence electrons. The summed E-state index contributed by atoms with van der Waals surface area (Å²) < 4.78 is 11.0. The lowest BCUT2D eigenvalue weighted by molar-refractivity contribution is -0.160. The van der Waals surface area contributed by atoms with E-state index in [1.165, 1.54) is 13.5 Å². The number of benzene rings is 1. The molecule has 2 atom stereocenters. The molecule has 24 heavy (non-hydrogen) atoms. The Kier molecular flexibility index (Phi) is 3.54. The Balaban J connectivity index is 1.60. The van der Waals surface area contributed by atoms with Crippen molar-refractivity contribution in [2.75, 3.05) is 7.11 Å². The highest BCUT2D eigenvalue weighted by molar-refractivity contribution is 6.24. The van der Waals surface area contributed by atoms with E-state index < -0.39 is 5.41 Å². The van der Waals surface area contributed by atoms with Crippen molar-refractivity contribution in [1.82, 2.24) is 0 Å². The van der Waals surface area contributed by atoms with Gasteiger partial charge in [0.25, 0.3) is 0 Å². The van der Waals surface area contributed by atoms with Gasteiger partial charge < -0.3 is 9.47 Å². The maximum Gasteiger partial charge on any atom is 0.317 e. The number of esters is 1. The van der Waals surface area contributed by atoms with Crippen molar-refractivity contribution in [3.8, 4) is 17.6 Å². The summed E-state index contributed by atoms with van der Waals surface area (Å²) in [5.41, 5.74) is 0.0197. The number of ether oxygens (including phenoxy) is 2. The Morgan fingerprint density at radius 3 is 2.54 bits per heavy atom. The van der Waals surface area contributed by atoms with E-state index in [0.717, 1.165) is 25.7 Å². The van der Waals surface area contributed by atoms with Crippen LogP contribution in [0.15, 0.2) is 18.2 Å². The number of halogens is 1. The summed E-state index contributed by atoms with van der Waals surface area (Å²) in [6.07, 6.45) is 5.74. The second-order valence-electron chi connectivity index (χ2n) is 7.76. The third-order valence-electron chi connectivity index (χ3n) is 5.92. The zero-order chi connectivity index (χ0) is 16.9. The summed E-state index contributed by atoms with van der Waals surface area (Å²) in [7, 11) is 1.51. The summed E-state index contributed by atoms with van der Waals surface area (Å²) in [4.78, 5) is 12.8. The molecule has 0 aromatic heterocycles. The standard InChI is InChI=1S/C19H20ClNO3/c1-23-16-5-12(10-21)2-3-15(16)24-17(22)18-6-13-4-14(7-18)9-19(20,8-13)11-18/h2-3,5,13-14H,4,6-9,11H2,1H3. The molecule has 0 amide bonds. The van der Waals surface area contributed by atoms with Crippen LogP contribution in [0, 0.1) is 28.6 Å². The number of methoxy groups -OCH3 is 1. The average Bonchev–Trinajstić information content (AvgIpc) is 2.52. The molecular formula is C19H20ClNO3. The molecule has 2 unspecified atom stereocenters. The lowest BCUT2D eigenvalue weighted by Crippen LogP contribution is -2.56. The number of hydrogen-bond acceptors (Lipinski definition) is 4. The lowest BCUT2D eigenvalue weighted by atomic mass is 9.49. The van der Waals surface area contributed by atoms with E-state index in [4.69, 9.17) is 26.3 Å². The molecule has 4 bridgehead atoms. The summed E-state index contributed by atoms with van der Waals surface area (Å²) in [5, 5.41) is 8.98. The summed E-state index contributed by atoms with van der Waals surface area (Å²) in [6.45, 7) is 0. The molecule has 0 spiro atoms. The van der Waals surface area contributed by atoms with Gasteiger partial charge in [-0.15, -0.1) is 11.6 Å². The summed E-state index contributed by atoms with van der Waals surface area (Å²) in [6, 6.07) is 6.91. The van der Waals surface area contributed by atoms with Gasteiger partial charge in [-0.25, -0.2) is 0 Å². The molecule has 0 radical (unpaired) electrons. The first-order valence-electron chi connectivity index (χ1n) is 8.45. The fourth-order valence-electron chi connectivity index (χ4n) is 5.42. The lowest BCUT2D eigenvalue weighted by Gasteiger charge is -2.58. The van der Waals surface area contributed by atoms with E-state index in [0.29, 0.717) is 35.3 Å². The number of carbonyl (C=O) groups excluding carboxylic acids is 1. The largest absolute Gasteiger partial charge is 0.493 e. The zero-order valence-electron chi connectivity index (χ0n) is 13.7. The van der Waals surface area contributed by atoms with Crippen molar-refractivity contribution in [3.05, 3.63) is 23.8 Å². The zero-order valence-corrected chi connectivity index (χ0v) is 14.4. The van der Waals surface area contributed by atoms with Crippen molar-refractivity contribution < 1.29 is 14.3 Å². The summed E-state index contributed by atoms with van der Waals surface area (Å²) >= 11 is 6.80. The molecule has 4 saturated carbocycles. The average molecular weight is 346 g/mol. The van der Waals surface area contributed by atoms with Crippen LogP contribution < -0.4 is 9.47 Å². The van der Waals surface area contributed by atoms with E-state index in [2.05, 4.69) is 6.07 Å². The first-order valence-corrected chi connectivity index (χ1v) is 8.82. The number of hydrogen-bond donors (Lipinski definition) is 0. The third kappa shape index (κ3) is 2.46. The number of rotatable bonds is 3. The van der Waals surface area contributed by atoms with Crippen LogP contribution in [0.1, 0.15) is 44.1 Å². The molecule has 0 saturated heterocycles. The van der Waals surface area contributed by atoms with Crippen LogP contribution in [0.3, 0.4) is 0 Å². The van der Waals surface area contributed by atoms with Crippen LogP contribution in [0.25, 0.3) is 0 Å². The third-order valence-corrected chi connectivity index (χ3v) is 6.36. The van der Waals surface area contributed by atoms with Crippen molar-refractivity contribution >= 4 is 17.6 Å². The number of alkyl halides is 1. The first kappa shape index (κ1) is 15.8. The Labute approximate surface area is 146 Å². The molecule has 5 heteroatoms. The Hall–Kier alpha value is -1.73. The van der Waals surface area contributed by atoms with E-state index in [1.54, 1.807) is 18.2 Å². The van der Waals surface area contributed by atoms with E-state index in [-0.39, 0.29) is 10.8 Å². The van der Waals surface area contributed by atoms with Gasteiger partial charge in [-0.05, 0) is 62.5 Å². The molecule has 4 nitrogen and oxygen atoms in total. The maximum absolute atomic E-state index is 13.0. The SMILES string of the molecule is COc1cc(C#N)ccc1OC(=O)C12CC3CC(CC(Cl)(C3)C1)C2. The Morgan fingerprint density at radius 2 is 1.96 bits per heavy atom. The van der Waals surface area contributed by atoms with E-state index in [9.17, 15) is 4.79 Å². The van der Waals surface area contributed by atoms with Gasteiger partial charge in [0, 0.05) is 10.9 Å². The highest BCUT2D eigenvalue weighted by Crippen LogP contribution is 2.64. The van der Waals surface area contributed by atoms with Crippen LogP contribution in [0.2, 0.25) is 0 Å². The smallest absolute Gasteiger partial charge is 0.317 e. The van der Waals surface area contributed by atoms with Gasteiger partial charge in [-0.3, -0.25) is 4.79 Å². The quantitative estimate of drug-likeness (QED) is 0.471. The van der Waals surface area contributed by atoms with Crippen molar-refractivity contribution in [3.63, 3.8) is 0 Å². The highest BCUT2D eigenvalue weighted by Gasteiger charge is 2.61. The molecule has 1 aromatic rings. The maximum atomic E-state index is 13.0. The summed E-state index contributed by atoms with van der Waals surface area (Å²) in [5.74, 6) is 1.68. The van der Waals surface area contributed by atoms with E-state index in [1.807, 2.05) is 0 Å². The molecule has 4 aliphatic carbocycles. The van der Waals surface area contributed by atoms with Crippen LogP contribution >= 0.6 is 11.6 Å². The van der Waals surface area contributed by atoms with Crippen LogP contribution in [-0.2, 0) is 4.79 Å². The normalized spacial score (nSPS) is 36.2. The number of nitrogens with zero attached hydrogens (tertiary/aromatic N) is 1. The molecule has 0 heterocycles. The molecule has 5 rings (SSSR count). The number of carbonyl (C=O) groups is 1. The van der Waals surface area contributed by atoms with Gasteiger partial charge in [0.05, 0.1) is 24.2 Å². The predicted molar refractivity (Wildman–Crippen MR) is 89.0 cm³/mol. The van der Waals surface area contributed by atoms with Crippen molar-refractivity contribution in [1.29, 1.82) is 5.26 Å². The first-order chi connectivity index (χ1) is 11.5. The van der Waals surface area contributed by atoms with Gasteiger partial charge in [-0.1, -0.05) is 0 Å². The molecular weight excluding hydrogens is 326 g/mol. The fraction of sp³-hybridized carbons (Fsp3) is 0.579. The second kappa shape index (κ2) is 5.39. The monoisotopic (exact) mass is 345 g/mol. The van der Waals surface area contributed by atoms with Gasteiger partial charge in [0.15, 0.2) is 11.5 Å². The molecule has 4 aliphatic rings. The van der Waals surface area contributed by atoms with Crippen LogP contribution in [0.4, 0.5) is 0 Å². The fourth-order valence-corrected chi connectivity index (χ4v) is 6.11. The predicted octanol–water partition coefficient (Wildman–Crippen LogP) is 4.05. The van der Waals surface area contributed by atoms with Crippen molar-refractivity contribution in [2.45, 2.75) is 43.4 Å². The minimum Gasteiger partial charge on any atom is -0.493 e. The minimum atomic E-state index is -0.454. The molecule has 0 N–H and O–H groups in total. The van der Waals surface area contributed by atoms with Crippen LogP contribution in [-0.4, -0.2) is 18.0 Å². The molecule has 1 aromatic carbocycles. The van der Waals surface area contributed by atoms with E-state index >= 15 is 0 Å². The minimum absolute atomic E-state index is 0.190. The van der Waals surface area contributed by atoms with Crippen molar-refractivity contribution in [2.24, 2.45) is 17.3 Å². The Bertz CT molecular complexity index is 725. The highest BCUT2D eigenvalue weighted by atomic mass is 35.5. The second-order valence-corrected chi connectivity index (χ2v) is 8.56. The van der Waals surface area contributed by atoms with Gasteiger partial charge in [0.2, 0.25) is 0 Å². The topological polar surface area (TPSA) is 59.3 Å².